The predicted octanol–water partition coefficient (Wildman–Crippen LogP) is 2.64. The summed E-state index contributed by atoms with van der Waals surface area (Å²) in [7, 11) is 1.96. The number of benzene rings is 1. The molecule has 1 unspecified atom stereocenters. The van der Waals surface area contributed by atoms with Crippen molar-refractivity contribution < 1.29 is 4.79 Å². The van der Waals surface area contributed by atoms with Crippen molar-refractivity contribution in [3.63, 3.8) is 0 Å². The zero-order valence-electron chi connectivity index (χ0n) is 11.8. The van der Waals surface area contributed by atoms with Gasteiger partial charge in [-0.25, -0.2) is 0 Å². The van der Waals surface area contributed by atoms with Gasteiger partial charge in [-0.2, -0.15) is 0 Å². The standard InChI is InChI=1S/C15H21ClN2OS/c1-17-8-13-6-7-18(9-13)15(19)11-20-10-12-2-4-14(16)5-3-12/h2-5,13,17H,6-11H2,1H3. The number of rotatable bonds is 6. The van der Waals surface area contributed by atoms with E-state index in [-0.39, 0.29) is 5.91 Å². The number of halogens is 1. The number of hydrogen-bond donors (Lipinski definition) is 1. The van der Waals surface area contributed by atoms with Crippen LogP contribution in [0.5, 0.6) is 0 Å². The molecule has 1 saturated heterocycles. The highest BCUT2D eigenvalue weighted by molar-refractivity contribution is 7.99. The fourth-order valence-corrected chi connectivity index (χ4v) is 3.46. The van der Waals surface area contributed by atoms with Crippen molar-refractivity contribution in [2.24, 2.45) is 5.92 Å². The normalized spacial score (nSPS) is 18.5. The smallest absolute Gasteiger partial charge is 0.232 e. The Morgan fingerprint density at radius 1 is 1.45 bits per heavy atom. The van der Waals surface area contributed by atoms with Gasteiger partial charge >= 0.3 is 0 Å². The van der Waals surface area contributed by atoms with E-state index in [1.807, 2.05) is 36.2 Å². The van der Waals surface area contributed by atoms with E-state index >= 15 is 0 Å². The molecule has 20 heavy (non-hydrogen) atoms. The maximum Gasteiger partial charge on any atom is 0.232 e. The van der Waals surface area contributed by atoms with Gasteiger partial charge in [0, 0.05) is 23.9 Å². The van der Waals surface area contributed by atoms with Crippen LogP contribution in [0.3, 0.4) is 0 Å². The zero-order valence-corrected chi connectivity index (χ0v) is 13.3. The molecule has 1 amide bonds. The first kappa shape index (κ1) is 15.7. The highest BCUT2D eigenvalue weighted by Crippen LogP contribution is 2.19. The van der Waals surface area contributed by atoms with E-state index in [9.17, 15) is 4.79 Å². The van der Waals surface area contributed by atoms with Gasteiger partial charge in [0.2, 0.25) is 5.91 Å². The van der Waals surface area contributed by atoms with E-state index in [0.29, 0.717) is 11.7 Å². The van der Waals surface area contributed by atoms with Crippen LogP contribution in [0.2, 0.25) is 5.02 Å². The molecule has 1 atom stereocenters. The van der Waals surface area contributed by atoms with Gasteiger partial charge in [-0.3, -0.25) is 4.79 Å². The predicted molar refractivity (Wildman–Crippen MR) is 86.2 cm³/mol. The lowest BCUT2D eigenvalue weighted by Crippen LogP contribution is -2.31. The van der Waals surface area contributed by atoms with Gasteiger partial charge in [0.05, 0.1) is 5.75 Å². The fourth-order valence-electron chi connectivity index (χ4n) is 2.44. The average Bonchev–Trinajstić information content (AvgIpc) is 2.90. The monoisotopic (exact) mass is 312 g/mol. The van der Waals surface area contributed by atoms with E-state index in [2.05, 4.69) is 5.32 Å². The molecule has 0 aromatic heterocycles. The van der Waals surface area contributed by atoms with Crippen molar-refractivity contribution in [2.75, 3.05) is 32.4 Å². The highest BCUT2D eigenvalue weighted by atomic mass is 35.5. The first-order chi connectivity index (χ1) is 9.69. The Morgan fingerprint density at radius 2 is 2.20 bits per heavy atom. The van der Waals surface area contributed by atoms with Crippen molar-refractivity contribution >= 4 is 29.3 Å². The maximum absolute atomic E-state index is 12.1. The van der Waals surface area contributed by atoms with E-state index in [1.165, 1.54) is 5.56 Å². The minimum absolute atomic E-state index is 0.266. The van der Waals surface area contributed by atoms with E-state index in [1.54, 1.807) is 11.8 Å². The highest BCUT2D eigenvalue weighted by Gasteiger charge is 2.25. The topological polar surface area (TPSA) is 32.3 Å². The van der Waals surface area contributed by atoms with E-state index in [0.717, 1.165) is 36.8 Å². The molecule has 1 aromatic rings. The lowest BCUT2D eigenvalue weighted by atomic mass is 10.1. The molecule has 0 spiro atoms. The molecule has 1 heterocycles. The molecule has 1 aliphatic rings. The molecule has 0 bridgehead atoms. The molecular weight excluding hydrogens is 292 g/mol. The molecule has 1 N–H and O–H groups in total. The second-order valence-electron chi connectivity index (χ2n) is 5.17. The van der Waals surface area contributed by atoms with Crippen LogP contribution < -0.4 is 5.32 Å². The summed E-state index contributed by atoms with van der Waals surface area (Å²) < 4.78 is 0. The van der Waals surface area contributed by atoms with Gasteiger partial charge in [0.25, 0.3) is 0 Å². The quantitative estimate of drug-likeness (QED) is 0.876. The van der Waals surface area contributed by atoms with E-state index < -0.39 is 0 Å². The molecule has 5 heteroatoms. The van der Waals surface area contributed by atoms with Gasteiger partial charge in [-0.1, -0.05) is 23.7 Å². The lowest BCUT2D eigenvalue weighted by molar-refractivity contribution is -0.127. The minimum Gasteiger partial charge on any atom is -0.342 e. The maximum atomic E-state index is 12.1. The molecule has 110 valence electrons. The lowest BCUT2D eigenvalue weighted by Gasteiger charge is -2.16. The number of likely N-dealkylation sites (tertiary alicyclic amines) is 1. The molecular formula is C15H21ClN2OS. The Morgan fingerprint density at radius 3 is 2.90 bits per heavy atom. The van der Waals surface area contributed by atoms with Crippen LogP contribution >= 0.6 is 23.4 Å². The van der Waals surface area contributed by atoms with E-state index in [4.69, 9.17) is 11.6 Å². The average molecular weight is 313 g/mol. The summed E-state index contributed by atoms with van der Waals surface area (Å²) in [5, 5.41) is 3.94. The number of carbonyl (C=O) groups is 1. The molecule has 3 nitrogen and oxygen atoms in total. The van der Waals surface area contributed by atoms with Crippen LogP contribution in [0.25, 0.3) is 0 Å². The Bertz CT molecular complexity index is 438. The molecule has 1 aromatic carbocycles. The number of nitrogens with one attached hydrogen (secondary N) is 1. The number of nitrogens with zero attached hydrogens (tertiary/aromatic N) is 1. The second-order valence-corrected chi connectivity index (χ2v) is 6.59. The van der Waals surface area contributed by atoms with Crippen molar-refractivity contribution in [1.82, 2.24) is 10.2 Å². The molecule has 1 aliphatic heterocycles. The van der Waals surface area contributed by atoms with Crippen LogP contribution in [0.1, 0.15) is 12.0 Å². The first-order valence-corrected chi connectivity index (χ1v) is 8.47. The summed E-state index contributed by atoms with van der Waals surface area (Å²) in [6.07, 6.45) is 1.12. The molecule has 2 rings (SSSR count). The van der Waals surface area contributed by atoms with Crippen molar-refractivity contribution in [2.45, 2.75) is 12.2 Å². The van der Waals surface area contributed by atoms with Gasteiger partial charge in [-0.15, -0.1) is 11.8 Å². The summed E-state index contributed by atoms with van der Waals surface area (Å²) in [6, 6.07) is 7.81. The first-order valence-electron chi connectivity index (χ1n) is 6.93. The zero-order chi connectivity index (χ0) is 14.4. The van der Waals surface area contributed by atoms with Crippen LogP contribution in [-0.4, -0.2) is 43.2 Å². The Labute approximate surface area is 130 Å². The third-order valence-electron chi connectivity index (χ3n) is 3.54. The summed E-state index contributed by atoms with van der Waals surface area (Å²) in [5.74, 6) is 2.30. The largest absolute Gasteiger partial charge is 0.342 e. The Hall–Kier alpha value is -0.710. The third-order valence-corrected chi connectivity index (χ3v) is 4.78. The number of carbonyl (C=O) groups excluding carboxylic acids is 1. The van der Waals surface area contributed by atoms with Gasteiger partial charge in [0.15, 0.2) is 0 Å². The van der Waals surface area contributed by atoms with Crippen LogP contribution in [0.15, 0.2) is 24.3 Å². The number of hydrogen-bond acceptors (Lipinski definition) is 3. The second kappa shape index (κ2) is 7.91. The third kappa shape index (κ3) is 4.69. The van der Waals surface area contributed by atoms with Gasteiger partial charge in [0.1, 0.15) is 0 Å². The van der Waals surface area contributed by atoms with Gasteiger partial charge < -0.3 is 10.2 Å². The van der Waals surface area contributed by atoms with Gasteiger partial charge in [-0.05, 0) is 43.6 Å². The van der Waals surface area contributed by atoms with Crippen molar-refractivity contribution in [1.29, 1.82) is 0 Å². The molecule has 0 radical (unpaired) electrons. The van der Waals surface area contributed by atoms with Crippen LogP contribution in [0.4, 0.5) is 0 Å². The summed E-state index contributed by atoms with van der Waals surface area (Å²) in [6.45, 7) is 2.82. The molecule has 1 fully saturated rings. The van der Waals surface area contributed by atoms with Crippen molar-refractivity contribution in [3.05, 3.63) is 34.9 Å². The van der Waals surface area contributed by atoms with Crippen LogP contribution in [-0.2, 0) is 10.5 Å². The SMILES string of the molecule is CNCC1CCN(C(=O)CSCc2ccc(Cl)cc2)C1. The number of thioether (sulfide) groups is 1. The number of amides is 1. The molecule has 0 saturated carbocycles. The Balaban J connectivity index is 1.69. The Kier molecular flexibility index (Phi) is 6.20. The summed E-state index contributed by atoms with van der Waals surface area (Å²) in [4.78, 5) is 14.1. The molecule has 0 aliphatic carbocycles. The minimum atomic E-state index is 0.266. The summed E-state index contributed by atoms with van der Waals surface area (Å²) >= 11 is 7.52. The summed E-state index contributed by atoms with van der Waals surface area (Å²) in [5.41, 5.74) is 1.21. The fraction of sp³-hybridized carbons (Fsp3) is 0.533. The van der Waals surface area contributed by atoms with Crippen LogP contribution in [0, 0.1) is 5.92 Å². The van der Waals surface area contributed by atoms with Crippen molar-refractivity contribution in [3.8, 4) is 0 Å².